The Balaban J connectivity index is 2.08. The van der Waals surface area contributed by atoms with Gasteiger partial charge in [-0.2, -0.15) is 0 Å². The molecule has 0 aromatic heterocycles. The molecule has 0 saturated carbocycles. The van der Waals surface area contributed by atoms with Crippen LogP contribution in [-0.2, 0) is 26.2 Å². The normalized spacial score (nSPS) is 12.1. The highest BCUT2D eigenvalue weighted by Crippen LogP contribution is 2.30. The van der Waals surface area contributed by atoms with Gasteiger partial charge in [-0.15, -0.1) is 0 Å². The van der Waals surface area contributed by atoms with E-state index in [4.69, 9.17) is 34.8 Å². The second-order valence-corrected chi connectivity index (χ2v) is 11.8. The molecule has 3 aromatic carbocycles. The van der Waals surface area contributed by atoms with Gasteiger partial charge in [-0.05, 0) is 62.7 Å². The Morgan fingerprint density at radius 2 is 1.55 bits per heavy atom. The molecule has 11 heteroatoms. The molecule has 0 fully saturated rings. The Labute approximate surface area is 238 Å². The van der Waals surface area contributed by atoms with Crippen molar-refractivity contribution in [3.05, 3.63) is 92.9 Å². The fourth-order valence-electron chi connectivity index (χ4n) is 3.76. The molecule has 2 amide bonds. The Kier molecular flexibility index (Phi) is 10.1. The van der Waals surface area contributed by atoms with Crippen LogP contribution in [0.15, 0.2) is 71.6 Å². The van der Waals surface area contributed by atoms with Crippen molar-refractivity contribution in [2.75, 3.05) is 17.4 Å². The smallest absolute Gasteiger partial charge is 0.264 e. The minimum Gasteiger partial charge on any atom is -0.355 e. The molecule has 3 aromatic rings. The molecule has 0 aliphatic heterocycles. The van der Waals surface area contributed by atoms with Gasteiger partial charge in [-0.25, -0.2) is 8.42 Å². The van der Waals surface area contributed by atoms with Gasteiger partial charge in [0.15, 0.2) is 0 Å². The summed E-state index contributed by atoms with van der Waals surface area (Å²) in [6.07, 6.45) is 0. The number of halogens is 3. The van der Waals surface area contributed by atoms with Gasteiger partial charge in [-0.3, -0.25) is 13.9 Å². The van der Waals surface area contributed by atoms with Crippen LogP contribution in [0.3, 0.4) is 0 Å². The van der Waals surface area contributed by atoms with Gasteiger partial charge in [0.25, 0.3) is 10.0 Å². The summed E-state index contributed by atoms with van der Waals surface area (Å²) in [4.78, 5) is 27.9. The van der Waals surface area contributed by atoms with Crippen LogP contribution < -0.4 is 9.62 Å². The maximum absolute atomic E-state index is 13.8. The molecule has 0 bridgehead atoms. The highest BCUT2D eigenvalue weighted by molar-refractivity contribution is 7.92. The van der Waals surface area contributed by atoms with E-state index in [9.17, 15) is 18.0 Å². The number of amides is 2. The largest absolute Gasteiger partial charge is 0.355 e. The summed E-state index contributed by atoms with van der Waals surface area (Å²) in [7, 11) is -4.23. The number of hydrogen-bond donors (Lipinski definition) is 1. The van der Waals surface area contributed by atoms with Crippen LogP contribution in [0.2, 0.25) is 15.1 Å². The first-order chi connectivity index (χ1) is 17.9. The van der Waals surface area contributed by atoms with E-state index < -0.39 is 28.5 Å². The standard InChI is InChI=1S/C27H28Cl3N3O4S/c1-4-31-27(35)19(3)32(16-20-7-5-6-8-25(20)30)26(34)17-33(23-14-21(28)13-22(29)15-23)38(36,37)24-11-9-18(2)10-12-24/h5-15,19H,4,16-17H2,1-3H3,(H,31,35). The molecule has 0 radical (unpaired) electrons. The molecule has 0 aliphatic carbocycles. The number of likely N-dealkylation sites (N-methyl/N-ethyl adjacent to an activating group) is 1. The van der Waals surface area contributed by atoms with E-state index in [1.54, 1.807) is 50.2 Å². The first-order valence-corrected chi connectivity index (χ1v) is 14.4. The number of hydrogen-bond acceptors (Lipinski definition) is 4. The molecule has 3 rings (SSSR count). The molecule has 0 spiro atoms. The van der Waals surface area contributed by atoms with Crippen molar-refractivity contribution in [1.29, 1.82) is 0 Å². The highest BCUT2D eigenvalue weighted by Gasteiger charge is 2.33. The van der Waals surface area contributed by atoms with Crippen molar-refractivity contribution >= 4 is 62.3 Å². The van der Waals surface area contributed by atoms with Gasteiger partial charge < -0.3 is 10.2 Å². The van der Waals surface area contributed by atoms with Crippen molar-refractivity contribution in [2.24, 2.45) is 0 Å². The maximum atomic E-state index is 13.8. The van der Waals surface area contributed by atoms with Gasteiger partial charge >= 0.3 is 0 Å². The lowest BCUT2D eigenvalue weighted by Crippen LogP contribution is -2.51. The average Bonchev–Trinajstić information content (AvgIpc) is 2.86. The van der Waals surface area contributed by atoms with Crippen LogP contribution >= 0.6 is 34.8 Å². The topological polar surface area (TPSA) is 86.8 Å². The molecular weight excluding hydrogens is 569 g/mol. The van der Waals surface area contributed by atoms with E-state index in [0.717, 1.165) is 9.87 Å². The minimum atomic E-state index is -4.23. The first-order valence-electron chi connectivity index (χ1n) is 11.8. The van der Waals surface area contributed by atoms with Gasteiger partial charge in [-0.1, -0.05) is 70.7 Å². The van der Waals surface area contributed by atoms with E-state index in [2.05, 4.69) is 5.32 Å². The quantitative estimate of drug-likeness (QED) is 0.325. The number of aryl methyl sites for hydroxylation is 1. The van der Waals surface area contributed by atoms with Crippen molar-refractivity contribution < 1.29 is 18.0 Å². The number of anilines is 1. The Hall–Kier alpha value is -2.78. The molecule has 1 unspecified atom stereocenters. The van der Waals surface area contributed by atoms with Crippen molar-refractivity contribution in [1.82, 2.24) is 10.2 Å². The molecule has 0 heterocycles. The SMILES string of the molecule is CCNC(=O)C(C)N(Cc1ccccc1Cl)C(=O)CN(c1cc(Cl)cc(Cl)c1)S(=O)(=O)c1ccc(C)cc1. The fourth-order valence-corrected chi connectivity index (χ4v) is 5.87. The minimum absolute atomic E-state index is 0.00840. The third-order valence-electron chi connectivity index (χ3n) is 5.84. The Morgan fingerprint density at radius 1 is 0.947 bits per heavy atom. The molecule has 38 heavy (non-hydrogen) atoms. The van der Waals surface area contributed by atoms with Crippen LogP contribution in [0.4, 0.5) is 5.69 Å². The van der Waals surface area contributed by atoms with Gasteiger partial charge in [0, 0.05) is 28.2 Å². The van der Waals surface area contributed by atoms with Gasteiger partial charge in [0.2, 0.25) is 11.8 Å². The molecule has 1 N–H and O–H groups in total. The third kappa shape index (κ3) is 7.20. The number of sulfonamides is 1. The monoisotopic (exact) mass is 595 g/mol. The fraction of sp³-hybridized carbons (Fsp3) is 0.259. The number of benzene rings is 3. The predicted molar refractivity (Wildman–Crippen MR) is 152 cm³/mol. The number of carbonyl (C=O) groups is 2. The molecular formula is C27H28Cl3N3O4S. The molecule has 202 valence electrons. The third-order valence-corrected chi connectivity index (χ3v) is 8.43. The second-order valence-electron chi connectivity index (χ2n) is 8.64. The zero-order valence-corrected chi connectivity index (χ0v) is 24.2. The zero-order valence-electron chi connectivity index (χ0n) is 21.1. The van der Waals surface area contributed by atoms with Gasteiger partial charge in [0.05, 0.1) is 10.6 Å². The van der Waals surface area contributed by atoms with Crippen LogP contribution in [0, 0.1) is 6.92 Å². The van der Waals surface area contributed by atoms with Gasteiger partial charge in [0.1, 0.15) is 12.6 Å². The zero-order chi connectivity index (χ0) is 28.0. The van der Waals surface area contributed by atoms with E-state index in [0.29, 0.717) is 17.1 Å². The summed E-state index contributed by atoms with van der Waals surface area (Å²) in [6, 6.07) is 16.6. The van der Waals surface area contributed by atoms with E-state index in [-0.39, 0.29) is 33.1 Å². The summed E-state index contributed by atoms with van der Waals surface area (Å²) in [6.45, 7) is 4.93. The molecule has 1 atom stereocenters. The van der Waals surface area contributed by atoms with Crippen molar-refractivity contribution in [2.45, 2.75) is 38.3 Å². The summed E-state index contributed by atoms with van der Waals surface area (Å²) < 4.78 is 28.6. The number of nitrogens with zero attached hydrogens (tertiary/aromatic N) is 2. The number of nitrogens with one attached hydrogen (secondary N) is 1. The molecule has 7 nitrogen and oxygen atoms in total. The second kappa shape index (κ2) is 12.8. The number of rotatable bonds is 10. The lowest BCUT2D eigenvalue weighted by atomic mass is 10.1. The Morgan fingerprint density at radius 3 is 2.13 bits per heavy atom. The van der Waals surface area contributed by atoms with E-state index >= 15 is 0 Å². The van der Waals surface area contributed by atoms with E-state index in [1.807, 2.05) is 6.92 Å². The summed E-state index contributed by atoms with van der Waals surface area (Å²) >= 11 is 18.7. The highest BCUT2D eigenvalue weighted by atomic mass is 35.5. The average molecular weight is 597 g/mol. The number of carbonyl (C=O) groups excluding carboxylic acids is 2. The van der Waals surface area contributed by atoms with Crippen molar-refractivity contribution in [3.63, 3.8) is 0 Å². The summed E-state index contributed by atoms with van der Waals surface area (Å²) in [5, 5.41) is 3.53. The first kappa shape index (κ1) is 29.8. The maximum Gasteiger partial charge on any atom is 0.264 e. The molecule has 0 saturated heterocycles. The molecule has 0 aliphatic rings. The van der Waals surface area contributed by atoms with Crippen molar-refractivity contribution in [3.8, 4) is 0 Å². The van der Waals surface area contributed by atoms with E-state index in [1.165, 1.54) is 35.2 Å². The predicted octanol–water partition coefficient (Wildman–Crippen LogP) is 5.70. The van der Waals surface area contributed by atoms with Crippen LogP contribution in [0.25, 0.3) is 0 Å². The summed E-state index contributed by atoms with van der Waals surface area (Å²) in [5.74, 6) is -0.998. The van der Waals surface area contributed by atoms with Crippen LogP contribution in [0.5, 0.6) is 0 Å². The lowest BCUT2D eigenvalue weighted by molar-refractivity contribution is -0.139. The lowest BCUT2D eigenvalue weighted by Gasteiger charge is -2.32. The van der Waals surface area contributed by atoms with Crippen LogP contribution in [0.1, 0.15) is 25.0 Å². The summed E-state index contributed by atoms with van der Waals surface area (Å²) in [5.41, 5.74) is 1.59. The Bertz CT molecular complexity index is 1400. The van der Waals surface area contributed by atoms with Crippen LogP contribution in [-0.4, -0.2) is 44.3 Å².